The summed E-state index contributed by atoms with van der Waals surface area (Å²) in [6.45, 7) is 0. The van der Waals surface area contributed by atoms with Gasteiger partial charge in [-0.25, -0.2) is 0 Å². The fraction of sp³-hybridized carbons (Fsp3) is 0.417. The van der Waals surface area contributed by atoms with E-state index >= 15 is 0 Å². The highest BCUT2D eigenvalue weighted by Gasteiger charge is 2.37. The lowest BCUT2D eigenvalue weighted by molar-refractivity contribution is -0.145. The molecule has 1 aliphatic carbocycles. The Morgan fingerprint density at radius 2 is 1.94 bits per heavy atom. The maximum absolute atomic E-state index is 12.5. The van der Waals surface area contributed by atoms with Crippen LogP contribution in [0.1, 0.15) is 29.9 Å². The van der Waals surface area contributed by atoms with E-state index in [-0.39, 0.29) is 5.92 Å². The molecule has 0 saturated heterocycles. The van der Waals surface area contributed by atoms with Crippen molar-refractivity contribution >= 4 is 5.97 Å². The van der Waals surface area contributed by atoms with Crippen LogP contribution in [0.4, 0.5) is 13.2 Å². The molecule has 2 rings (SSSR count). The van der Waals surface area contributed by atoms with E-state index < -0.39 is 23.6 Å². The van der Waals surface area contributed by atoms with Gasteiger partial charge in [0.2, 0.25) is 0 Å². The monoisotopic (exact) mass is 244 g/mol. The molecule has 0 aromatic heterocycles. The summed E-state index contributed by atoms with van der Waals surface area (Å²) in [5.74, 6) is -1.33. The zero-order chi connectivity index (χ0) is 12.6. The van der Waals surface area contributed by atoms with Gasteiger partial charge in [0.1, 0.15) is 0 Å². The van der Waals surface area contributed by atoms with Crippen LogP contribution in [0.2, 0.25) is 0 Å². The smallest absolute Gasteiger partial charge is 0.416 e. The van der Waals surface area contributed by atoms with E-state index in [1.54, 1.807) is 6.07 Å². The van der Waals surface area contributed by atoms with Crippen LogP contribution < -0.4 is 0 Å². The van der Waals surface area contributed by atoms with E-state index in [0.717, 1.165) is 12.1 Å². The molecule has 0 bridgehead atoms. The number of hydrogen-bond acceptors (Lipinski definition) is 1. The second kappa shape index (κ2) is 4.05. The van der Waals surface area contributed by atoms with Crippen LogP contribution in [0.15, 0.2) is 24.3 Å². The van der Waals surface area contributed by atoms with Gasteiger partial charge in [0.15, 0.2) is 0 Å². The first-order chi connectivity index (χ1) is 7.88. The first kappa shape index (κ1) is 12.0. The van der Waals surface area contributed by atoms with E-state index in [9.17, 15) is 18.0 Å². The Kier molecular flexibility index (Phi) is 2.85. The van der Waals surface area contributed by atoms with Gasteiger partial charge in [0.25, 0.3) is 0 Å². The zero-order valence-electron chi connectivity index (χ0n) is 8.87. The van der Waals surface area contributed by atoms with Crippen LogP contribution in [0, 0.1) is 5.92 Å². The Bertz CT molecular complexity index is 434. The highest BCUT2D eigenvalue weighted by Crippen LogP contribution is 2.42. The molecular formula is C12H11F3O2. The van der Waals surface area contributed by atoms with Gasteiger partial charge in [-0.05, 0) is 30.4 Å². The molecule has 0 aliphatic heterocycles. The van der Waals surface area contributed by atoms with E-state index in [1.165, 1.54) is 6.07 Å². The molecule has 1 fully saturated rings. The van der Waals surface area contributed by atoms with E-state index in [0.29, 0.717) is 18.4 Å². The van der Waals surface area contributed by atoms with Crippen molar-refractivity contribution in [2.45, 2.75) is 24.9 Å². The number of aliphatic carboxylic acids is 1. The summed E-state index contributed by atoms with van der Waals surface area (Å²) in [6.07, 6.45) is -3.49. The number of rotatable bonds is 2. The molecule has 1 aliphatic rings. The molecule has 0 radical (unpaired) electrons. The highest BCUT2D eigenvalue weighted by atomic mass is 19.4. The minimum Gasteiger partial charge on any atom is -0.481 e. The number of hydrogen-bond donors (Lipinski definition) is 1. The molecule has 1 saturated carbocycles. The maximum Gasteiger partial charge on any atom is 0.416 e. The lowest BCUT2D eigenvalue weighted by atomic mass is 9.71. The van der Waals surface area contributed by atoms with Gasteiger partial charge in [0.05, 0.1) is 11.5 Å². The lowest BCUT2D eigenvalue weighted by Crippen LogP contribution is -2.28. The van der Waals surface area contributed by atoms with Crippen LogP contribution in [0.5, 0.6) is 0 Å². The van der Waals surface area contributed by atoms with Gasteiger partial charge < -0.3 is 5.11 Å². The first-order valence-electron chi connectivity index (χ1n) is 5.28. The van der Waals surface area contributed by atoms with Crippen LogP contribution in [-0.2, 0) is 11.0 Å². The molecule has 0 spiro atoms. The lowest BCUT2D eigenvalue weighted by Gasteiger charge is -2.32. The van der Waals surface area contributed by atoms with Gasteiger partial charge >= 0.3 is 12.1 Å². The van der Waals surface area contributed by atoms with Crippen molar-refractivity contribution in [3.8, 4) is 0 Å². The Morgan fingerprint density at radius 1 is 1.29 bits per heavy atom. The zero-order valence-corrected chi connectivity index (χ0v) is 8.87. The maximum atomic E-state index is 12.5. The van der Waals surface area contributed by atoms with Crippen molar-refractivity contribution in [1.82, 2.24) is 0 Å². The van der Waals surface area contributed by atoms with Crippen LogP contribution in [0.3, 0.4) is 0 Å². The Morgan fingerprint density at radius 3 is 2.47 bits per heavy atom. The van der Waals surface area contributed by atoms with Crippen molar-refractivity contribution < 1.29 is 23.1 Å². The van der Waals surface area contributed by atoms with Crippen molar-refractivity contribution in [3.63, 3.8) is 0 Å². The molecule has 1 N–H and O–H groups in total. The van der Waals surface area contributed by atoms with Gasteiger partial charge in [-0.3, -0.25) is 4.79 Å². The summed E-state index contributed by atoms with van der Waals surface area (Å²) in [5.41, 5.74) is -0.0916. The Labute approximate surface area is 96.1 Å². The SMILES string of the molecule is O=C(O)C1CC(c2cccc(C(F)(F)F)c2)C1. The highest BCUT2D eigenvalue weighted by molar-refractivity contribution is 5.71. The Hall–Kier alpha value is -1.52. The summed E-state index contributed by atoms with van der Waals surface area (Å²) >= 11 is 0. The Balaban J connectivity index is 2.11. The van der Waals surface area contributed by atoms with Gasteiger partial charge in [0, 0.05) is 0 Å². The van der Waals surface area contributed by atoms with Crippen LogP contribution in [0.25, 0.3) is 0 Å². The average Bonchev–Trinajstić information content (AvgIpc) is 2.13. The summed E-state index contributed by atoms with van der Waals surface area (Å²) in [7, 11) is 0. The second-order valence-corrected chi connectivity index (χ2v) is 4.33. The fourth-order valence-electron chi connectivity index (χ4n) is 2.06. The summed E-state index contributed by atoms with van der Waals surface area (Å²) in [6, 6.07) is 5.13. The number of alkyl halides is 3. The molecular weight excluding hydrogens is 233 g/mol. The predicted octanol–water partition coefficient (Wildman–Crippen LogP) is 3.28. The van der Waals surface area contributed by atoms with E-state index in [1.807, 2.05) is 0 Å². The van der Waals surface area contributed by atoms with Crippen molar-refractivity contribution in [3.05, 3.63) is 35.4 Å². The van der Waals surface area contributed by atoms with Gasteiger partial charge in [-0.15, -0.1) is 0 Å². The molecule has 2 nitrogen and oxygen atoms in total. The van der Waals surface area contributed by atoms with Crippen molar-refractivity contribution in [2.75, 3.05) is 0 Å². The fourth-order valence-corrected chi connectivity index (χ4v) is 2.06. The number of carboxylic acids is 1. The largest absolute Gasteiger partial charge is 0.481 e. The molecule has 1 aromatic carbocycles. The quantitative estimate of drug-likeness (QED) is 0.866. The molecule has 0 heterocycles. The third-order valence-electron chi connectivity index (χ3n) is 3.17. The number of carbonyl (C=O) groups is 1. The van der Waals surface area contributed by atoms with Gasteiger partial charge in [-0.1, -0.05) is 18.2 Å². The van der Waals surface area contributed by atoms with Crippen LogP contribution >= 0.6 is 0 Å². The number of carboxylic acid groups (broad SMARTS) is 1. The van der Waals surface area contributed by atoms with E-state index in [2.05, 4.69) is 0 Å². The van der Waals surface area contributed by atoms with Crippen molar-refractivity contribution in [1.29, 1.82) is 0 Å². The van der Waals surface area contributed by atoms with E-state index in [4.69, 9.17) is 5.11 Å². The third kappa shape index (κ3) is 2.43. The standard InChI is InChI=1S/C12H11F3O2/c13-12(14,15)10-3-1-2-7(6-10)8-4-9(5-8)11(16)17/h1-3,6,8-9H,4-5H2,(H,16,17). The molecule has 1 aromatic rings. The first-order valence-corrected chi connectivity index (χ1v) is 5.28. The van der Waals surface area contributed by atoms with Crippen molar-refractivity contribution in [2.24, 2.45) is 5.92 Å². The minimum atomic E-state index is -4.34. The molecule has 5 heteroatoms. The third-order valence-corrected chi connectivity index (χ3v) is 3.17. The topological polar surface area (TPSA) is 37.3 Å². The predicted molar refractivity (Wildman–Crippen MR) is 54.5 cm³/mol. The molecule has 17 heavy (non-hydrogen) atoms. The summed E-state index contributed by atoms with van der Waals surface area (Å²) in [4.78, 5) is 10.6. The summed E-state index contributed by atoms with van der Waals surface area (Å²) in [5, 5.41) is 8.70. The molecule has 92 valence electrons. The summed E-state index contributed by atoms with van der Waals surface area (Å²) < 4.78 is 37.4. The molecule has 0 atom stereocenters. The minimum absolute atomic E-state index is 0.0570. The van der Waals surface area contributed by atoms with Gasteiger partial charge in [-0.2, -0.15) is 13.2 Å². The second-order valence-electron chi connectivity index (χ2n) is 4.33. The molecule has 0 amide bonds. The van der Waals surface area contributed by atoms with Crippen LogP contribution in [-0.4, -0.2) is 11.1 Å². The molecule has 0 unspecified atom stereocenters. The normalized spacial score (nSPS) is 24.2. The number of benzene rings is 1. The number of halogens is 3. The average molecular weight is 244 g/mol.